The Morgan fingerprint density at radius 1 is 1.03 bits per heavy atom. The van der Waals surface area contributed by atoms with Crippen LogP contribution in [0.3, 0.4) is 0 Å². The minimum atomic E-state index is -0.265. The first-order chi connectivity index (χ1) is 18.6. The van der Waals surface area contributed by atoms with Gasteiger partial charge >= 0.3 is 5.97 Å². The van der Waals surface area contributed by atoms with E-state index < -0.39 is 0 Å². The van der Waals surface area contributed by atoms with Crippen LogP contribution >= 0.6 is 0 Å². The smallest absolute Gasteiger partial charge is 0.310 e. The molecule has 0 atom stereocenters. The van der Waals surface area contributed by atoms with E-state index in [1.807, 2.05) is 49.4 Å². The average Bonchev–Trinajstić information content (AvgIpc) is 3.24. The molecule has 0 radical (unpaired) electrons. The van der Waals surface area contributed by atoms with Crippen LogP contribution in [-0.4, -0.2) is 27.3 Å². The Kier molecular flexibility index (Phi) is 6.42. The molecule has 192 valence electrons. The number of fused-ring (bicyclic) bond motifs is 2. The molecule has 7 nitrogen and oxygen atoms in total. The van der Waals surface area contributed by atoms with Gasteiger partial charge in [-0.15, -0.1) is 0 Å². The predicted octanol–water partition coefficient (Wildman–Crippen LogP) is 6.24. The monoisotopic (exact) mass is 506 g/mol. The van der Waals surface area contributed by atoms with E-state index in [4.69, 9.17) is 20.3 Å². The number of anilines is 1. The standard InChI is InChI=1S/C31H30N4O3/c1-2-37-30(36)18-21-7-3-4-12-29(21)38-19-27-26-17-20(13-14-28(26)35(34-27)22-8-5-9-22)23-10-6-11-25-24(23)15-16-33-31(25)32/h3-4,6-7,10-17,22H,2,5,8-9,18-19H2,1H3,(H2,32,33). The van der Waals surface area contributed by atoms with Gasteiger partial charge in [0.1, 0.15) is 23.9 Å². The minimum Gasteiger partial charge on any atom is -0.487 e. The molecule has 1 fully saturated rings. The minimum absolute atomic E-state index is 0.171. The number of nitrogens with zero attached hydrogens (tertiary/aromatic N) is 3. The van der Waals surface area contributed by atoms with Gasteiger partial charge in [0.25, 0.3) is 0 Å². The van der Waals surface area contributed by atoms with Crippen LogP contribution in [0.1, 0.15) is 43.5 Å². The van der Waals surface area contributed by atoms with Crippen LogP contribution in [0.15, 0.2) is 72.9 Å². The fourth-order valence-corrected chi connectivity index (χ4v) is 5.17. The van der Waals surface area contributed by atoms with Gasteiger partial charge < -0.3 is 15.2 Å². The zero-order chi connectivity index (χ0) is 26.1. The zero-order valence-electron chi connectivity index (χ0n) is 21.4. The number of esters is 1. The molecule has 2 aromatic heterocycles. The summed E-state index contributed by atoms with van der Waals surface area (Å²) in [5.74, 6) is 0.928. The maximum atomic E-state index is 12.1. The van der Waals surface area contributed by atoms with E-state index in [9.17, 15) is 4.79 Å². The van der Waals surface area contributed by atoms with E-state index in [2.05, 4.69) is 33.9 Å². The first-order valence-electron chi connectivity index (χ1n) is 13.1. The van der Waals surface area contributed by atoms with Gasteiger partial charge in [0.15, 0.2) is 0 Å². The van der Waals surface area contributed by atoms with Crippen LogP contribution in [-0.2, 0) is 22.6 Å². The highest BCUT2D eigenvalue weighted by Gasteiger charge is 2.24. The van der Waals surface area contributed by atoms with Gasteiger partial charge in [0.2, 0.25) is 0 Å². The van der Waals surface area contributed by atoms with Crippen molar-refractivity contribution in [3.63, 3.8) is 0 Å². The second kappa shape index (κ2) is 10.2. The highest BCUT2D eigenvalue weighted by molar-refractivity contribution is 6.02. The van der Waals surface area contributed by atoms with Gasteiger partial charge in [-0.05, 0) is 67.0 Å². The molecule has 1 saturated carbocycles. The molecule has 0 bridgehead atoms. The molecule has 2 heterocycles. The second-order valence-electron chi connectivity index (χ2n) is 9.68. The molecule has 1 aliphatic carbocycles. The van der Waals surface area contributed by atoms with Gasteiger partial charge in [-0.2, -0.15) is 5.10 Å². The number of nitrogens with two attached hydrogens (primary N) is 1. The summed E-state index contributed by atoms with van der Waals surface area (Å²) in [5.41, 5.74) is 11.1. The lowest BCUT2D eigenvalue weighted by Crippen LogP contribution is -2.18. The number of ether oxygens (including phenoxy) is 2. The maximum absolute atomic E-state index is 12.1. The molecule has 1 aliphatic rings. The van der Waals surface area contributed by atoms with E-state index in [0.717, 1.165) is 56.9 Å². The van der Waals surface area contributed by atoms with Crippen molar-refractivity contribution in [3.8, 4) is 16.9 Å². The predicted molar refractivity (Wildman–Crippen MR) is 149 cm³/mol. The van der Waals surface area contributed by atoms with E-state index in [1.54, 1.807) is 6.20 Å². The molecule has 38 heavy (non-hydrogen) atoms. The van der Waals surface area contributed by atoms with Crippen molar-refractivity contribution < 1.29 is 14.3 Å². The van der Waals surface area contributed by atoms with Crippen LogP contribution < -0.4 is 10.5 Å². The summed E-state index contributed by atoms with van der Waals surface area (Å²) in [6.45, 7) is 2.46. The summed E-state index contributed by atoms with van der Waals surface area (Å²) in [7, 11) is 0. The SMILES string of the molecule is CCOC(=O)Cc1ccccc1OCc1nn(C2CCC2)c2ccc(-c3cccc4c(N)nccc34)cc12. The summed E-state index contributed by atoms with van der Waals surface area (Å²) < 4.78 is 13.6. The second-order valence-corrected chi connectivity index (χ2v) is 9.68. The van der Waals surface area contributed by atoms with E-state index in [-0.39, 0.29) is 12.4 Å². The molecule has 0 aliphatic heterocycles. The molecule has 0 saturated heterocycles. The van der Waals surface area contributed by atoms with Gasteiger partial charge in [-0.25, -0.2) is 4.98 Å². The normalized spacial score (nSPS) is 13.5. The molecule has 2 N–H and O–H groups in total. The molecular formula is C31H30N4O3. The summed E-state index contributed by atoms with van der Waals surface area (Å²) in [4.78, 5) is 16.4. The van der Waals surface area contributed by atoms with Crippen molar-refractivity contribution in [1.29, 1.82) is 0 Å². The van der Waals surface area contributed by atoms with Crippen LogP contribution in [0.25, 0.3) is 32.8 Å². The Balaban J connectivity index is 1.38. The highest BCUT2D eigenvalue weighted by atomic mass is 16.5. The van der Waals surface area contributed by atoms with Crippen LogP contribution in [0, 0.1) is 0 Å². The lowest BCUT2D eigenvalue weighted by atomic mass is 9.93. The van der Waals surface area contributed by atoms with Gasteiger partial charge in [0, 0.05) is 22.5 Å². The molecule has 0 spiro atoms. The first kappa shape index (κ1) is 24.0. The zero-order valence-corrected chi connectivity index (χ0v) is 21.4. The largest absolute Gasteiger partial charge is 0.487 e. The summed E-state index contributed by atoms with van der Waals surface area (Å²) in [5, 5.41) is 8.10. The third kappa shape index (κ3) is 4.45. The lowest BCUT2D eigenvalue weighted by Gasteiger charge is -2.26. The fourth-order valence-electron chi connectivity index (χ4n) is 5.17. The number of hydrogen-bond donors (Lipinski definition) is 1. The number of pyridine rings is 1. The molecule has 5 aromatic rings. The summed E-state index contributed by atoms with van der Waals surface area (Å²) >= 11 is 0. The fraction of sp³-hybridized carbons (Fsp3) is 0.258. The highest BCUT2D eigenvalue weighted by Crippen LogP contribution is 2.37. The summed E-state index contributed by atoms with van der Waals surface area (Å²) in [6, 6.07) is 22.7. The van der Waals surface area contributed by atoms with Crippen molar-refractivity contribution in [2.75, 3.05) is 12.3 Å². The topological polar surface area (TPSA) is 92.3 Å². The molecule has 7 heteroatoms. The Morgan fingerprint density at radius 3 is 2.71 bits per heavy atom. The Labute approximate surface area is 221 Å². The Morgan fingerprint density at radius 2 is 1.89 bits per heavy atom. The number of benzene rings is 3. The van der Waals surface area contributed by atoms with Crippen molar-refractivity contribution in [2.24, 2.45) is 0 Å². The first-order valence-corrected chi connectivity index (χ1v) is 13.1. The maximum Gasteiger partial charge on any atom is 0.310 e. The molecule has 0 amide bonds. The third-order valence-electron chi connectivity index (χ3n) is 7.33. The van der Waals surface area contributed by atoms with Gasteiger partial charge in [-0.3, -0.25) is 9.48 Å². The number of carbonyl (C=O) groups is 1. The molecule has 0 unspecified atom stereocenters. The number of para-hydroxylation sites is 1. The van der Waals surface area contributed by atoms with Crippen LogP contribution in [0.4, 0.5) is 5.82 Å². The average molecular weight is 507 g/mol. The van der Waals surface area contributed by atoms with E-state index in [0.29, 0.717) is 30.8 Å². The quantitative estimate of drug-likeness (QED) is 0.250. The van der Waals surface area contributed by atoms with Crippen molar-refractivity contribution in [3.05, 3.63) is 84.2 Å². The third-order valence-corrected chi connectivity index (χ3v) is 7.33. The number of aromatic nitrogens is 3. The Bertz CT molecular complexity index is 1640. The lowest BCUT2D eigenvalue weighted by molar-refractivity contribution is -0.142. The van der Waals surface area contributed by atoms with Crippen molar-refractivity contribution >= 4 is 33.5 Å². The van der Waals surface area contributed by atoms with Crippen LogP contribution in [0.2, 0.25) is 0 Å². The van der Waals surface area contributed by atoms with Crippen molar-refractivity contribution in [1.82, 2.24) is 14.8 Å². The summed E-state index contributed by atoms with van der Waals surface area (Å²) in [6.07, 6.45) is 5.42. The number of rotatable bonds is 8. The van der Waals surface area contributed by atoms with E-state index >= 15 is 0 Å². The van der Waals surface area contributed by atoms with Crippen molar-refractivity contribution in [2.45, 2.75) is 45.3 Å². The van der Waals surface area contributed by atoms with Crippen LogP contribution in [0.5, 0.6) is 5.75 Å². The van der Waals surface area contributed by atoms with Gasteiger partial charge in [0.05, 0.1) is 24.6 Å². The number of carbonyl (C=O) groups excluding carboxylic acids is 1. The molecular weight excluding hydrogens is 476 g/mol. The van der Waals surface area contributed by atoms with Gasteiger partial charge in [-0.1, -0.05) is 42.5 Å². The van der Waals surface area contributed by atoms with E-state index in [1.165, 1.54) is 6.42 Å². The molecule has 6 rings (SSSR count). The molecule has 3 aromatic carbocycles. The number of hydrogen-bond acceptors (Lipinski definition) is 6. The Hall–Kier alpha value is -4.39. The number of nitrogen functional groups attached to an aromatic ring is 1.